The molecule has 1 atom stereocenters. The predicted octanol–water partition coefficient (Wildman–Crippen LogP) is 0.990. The summed E-state index contributed by atoms with van der Waals surface area (Å²) in [5, 5.41) is 5.44. The Bertz CT molecular complexity index is 862. The standard InChI is InChI=1S/C22H34N6O/c1-16-12-17(13-18-15-24-26(3)21(16)18)14-20(23)22(29)28-10-8-27(9-11-28)19-4-6-25(2)7-5-19/h12-13,15,19-20H,4-11,14,23H2,1-3H3. The van der Waals surface area contributed by atoms with E-state index in [9.17, 15) is 4.79 Å². The summed E-state index contributed by atoms with van der Waals surface area (Å²) in [5.74, 6) is 0.0805. The maximum absolute atomic E-state index is 12.9. The number of fused-ring (bicyclic) bond motifs is 1. The number of amides is 1. The molecule has 1 unspecified atom stereocenters. The van der Waals surface area contributed by atoms with Crippen LogP contribution in [0.15, 0.2) is 18.3 Å². The third-order valence-electron chi connectivity index (χ3n) is 6.69. The lowest BCUT2D eigenvalue weighted by Gasteiger charge is -2.42. The number of hydrogen-bond acceptors (Lipinski definition) is 5. The van der Waals surface area contributed by atoms with Crippen molar-refractivity contribution in [3.63, 3.8) is 0 Å². The van der Waals surface area contributed by atoms with Crippen LogP contribution in [0.2, 0.25) is 0 Å². The van der Waals surface area contributed by atoms with Crippen molar-refractivity contribution in [1.29, 1.82) is 0 Å². The van der Waals surface area contributed by atoms with E-state index in [-0.39, 0.29) is 5.91 Å². The van der Waals surface area contributed by atoms with Crippen molar-refractivity contribution in [1.82, 2.24) is 24.5 Å². The fraction of sp³-hybridized carbons (Fsp3) is 0.636. The SMILES string of the molecule is Cc1cc(CC(N)C(=O)N2CCN(C3CCN(C)CC3)CC2)cc2cnn(C)c12. The molecule has 7 heteroatoms. The molecule has 2 aliphatic heterocycles. The largest absolute Gasteiger partial charge is 0.339 e. The first-order valence-corrected chi connectivity index (χ1v) is 10.8. The molecule has 4 rings (SSSR count). The molecular weight excluding hydrogens is 364 g/mol. The highest BCUT2D eigenvalue weighted by Crippen LogP contribution is 2.21. The van der Waals surface area contributed by atoms with Gasteiger partial charge in [-0.15, -0.1) is 0 Å². The number of likely N-dealkylation sites (tertiary alicyclic amines) is 1. The smallest absolute Gasteiger partial charge is 0.239 e. The number of benzene rings is 1. The van der Waals surface area contributed by atoms with Gasteiger partial charge in [-0.05, 0) is 63.5 Å². The number of piperidine rings is 1. The summed E-state index contributed by atoms with van der Waals surface area (Å²) >= 11 is 0. The van der Waals surface area contributed by atoms with E-state index in [0.717, 1.165) is 42.6 Å². The van der Waals surface area contributed by atoms with Crippen LogP contribution in [0.4, 0.5) is 0 Å². The zero-order chi connectivity index (χ0) is 20.5. The summed E-state index contributed by atoms with van der Waals surface area (Å²) in [4.78, 5) is 19.9. The van der Waals surface area contributed by atoms with Gasteiger partial charge in [-0.3, -0.25) is 14.4 Å². The Morgan fingerprint density at radius 1 is 1.14 bits per heavy atom. The monoisotopic (exact) mass is 398 g/mol. The Morgan fingerprint density at radius 3 is 2.52 bits per heavy atom. The van der Waals surface area contributed by atoms with Crippen molar-refractivity contribution >= 4 is 16.8 Å². The fourth-order valence-electron chi connectivity index (χ4n) is 4.99. The van der Waals surface area contributed by atoms with Gasteiger partial charge < -0.3 is 15.5 Å². The highest BCUT2D eigenvalue weighted by atomic mass is 16.2. The maximum Gasteiger partial charge on any atom is 0.239 e. The zero-order valence-electron chi connectivity index (χ0n) is 18.0. The van der Waals surface area contributed by atoms with Gasteiger partial charge in [0.2, 0.25) is 5.91 Å². The van der Waals surface area contributed by atoms with Gasteiger partial charge in [-0.2, -0.15) is 5.10 Å². The quantitative estimate of drug-likeness (QED) is 0.832. The minimum atomic E-state index is -0.488. The van der Waals surface area contributed by atoms with Crippen LogP contribution < -0.4 is 5.73 Å². The normalized spacial score (nSPS) is 21.0. The summed E-state index contributed by atoms with van der Waals surface area (Å²) in [6, 6.07) is 4.43. The summed E-state index contributed by atoms with van der Waals surface area (Å²) in [6.45, 7) is 7.95. The number of nitrogens with zero attached hydrogens (tertiary/aromatic N) is 5. The second kappa shape index (κ2) is 8.42. The Labute approximate surface area is 173 Å². The molecule has 0 bridgehead atoms. The van der Waals surface area contributed by atoms with Gasteiger partial charge in [0.05, 0.1) is 17.8 Å². The molecule has 1 aromatic carbocycles. The fourth-order valence-corrected chi connectivity index (χ4v) is 4.99. The number of carbonyl (C=O) groups excluding carboxylic acids is 1. The molecule has 2 saturated heterocycles. The number of nitrogens with two attached hydrogens (primary N) is 1. The number of rotatable bonds is 4. The molecule has 0 radical (unpaired) electrons. The molecule has 1 aromatic heterocycles. The van der Waals surface area contributed by atoms with Crippen LogP contribution >= 0.6 is 0 Å². The number of carbonyl (C=O) groups is 1. The average molecular weight is 399 g/mol. The Morgan fingerprint density at radius 2 is 1.83 bits per heavy atom. The predicted molar refractivity (Wildman–Crippen MR) is 116 cm³/mol. The number of aromatic nitrogens is 2. The molecule has 2 aromatic rings. The second-order valence-corrected chi connectivity index (χ2v) is 8.83. The van der Waals surface area contributed by atoms with Crippen LogP contribution in [-0.2, 0) is 18.3 Å². The first kappa shape index (κ1) is 20.3. The van der Waals surface area contributed by atoms with Gasteiger partial charge in [-0.25, -0.2) is 0 Å². The van der Waals surface area contributed by atoms with Gasteiger partial charge in [0.25, 0.3) is 0 Å². The van der Waals surface area contributed by atoms with Crippen molar-refractivity contribution < 1.29 is 4.79 Å². The lowest BCUT2D eigenvalue weighted by atomic mass is 10.0. The summed E-state index contributed by atoms with van der Waals surface area (Å²) in [6.07, 6.45) is 4.92. The van der Waals surface area contributed by atoms with Gasteiger partial charge in [0.15, 0.2) is 0 Å². The van der Waals surface area contributed by atoms with Crippen LogP contribution in [0.25, 0.3) is 10.9 Å². The molecule has 158 valence electrons. The average Bonchev–Trinajstić information content (AvgIpc) is 3.09. The molecule has 0 saturated carbocycles. The highest BCUT2D eigenvalue weighted by Gasteiger charge is 2.30. The van der Waals surface area contributed by atoms with Gasteiger partial charge in [-0.1, -0.05) is 6.07 Å². The molecule has 2 fully saturated rings. The molecule has 29 heavy (non-hydrogen) atoms. The lowest BCUT2D eigenvalue weighted by molar-refractivity contribution is -0.134. The molecule has 0 aliphatic carbocycles. The van der Waals surface area contributed by atoms with E-state index in [1.807, 2.05) is 22.8 Å². The van der Waals surface area contributed by atoms with Crippen LogP contribution in [-0.4, -0.2) is 88.8 Å². The van der Waals surface area contributed by atoms with E-state index in [1.165, 1.54) is 31.5 Å². The third-order valence-corrected chi connectivity index (χ3v) is 6.69. The maximum atomic E-state index is 12.9. The van der Waals surface area contributed by atoms with Crippen LogP contribution in [0.1, 0.15) is 24.0 Å². The van der Waals surface area contributed by atoms with Crippen LogP contribution in [0.3, 0.4) is 0 Å². The number of hydrogen-bond donors (Lipinski definition) is 1. The van der Waals surface area contributed by atoms with Gasteiger partial charge in [0, 0.05) is 44.7 Å². The Hall–Kier alpha value is -1.96. The van der Waals surface area contributed by atoms with Crippen molar-refractivity contribution in [3.05, 3.63) is 29.5 Å². The summed E-state index contributed by atoms with van der Waals surface area (Å²) < 4.78 is 1.89. The summed E-state index contributed by atoms with van der Waals surface area (Å²) in [7, 11) is 4.15. The Kier molecular flexibility index (Phi) is 5.90. The van der Waals surface area contributed by atoms with Crippen molar-refractivity contribution in [2.24, 2.45) is 12.8 Å². The topological polar surface area (TPSA) is 70.6 Å². The van der Waals surface area contributed by atoms with E-state index in [1.54, 1.807) is 0 Å². The first-order valence-electron chi connectivity index (χ1n) is 10.8. The van der Waals surface area contributed by atoms with E-state index >= 15 is 0 Å². The van der Waals surface area contributed by atoms with Crippen molar-refractivity contribution in [2.75, 3.05) is 46.3 Å². The van der Waals surface area contributed by atoms with Gasteiger partial charge >= 0.3 is 0 Å². The second-order valence-electron chi connectivity index (χ2n) is 8.83. The molecular formula is C22H34N6O. The van der Waals surface area contributed by atoms with Gasteiger partial charge in [0.1, 0.15) is 0 Å². The van der Waals surface area contributed by atoms with E-state index in [2.05, 4.69) is 41.0 Å². The van der Waals surface area contributed by atoms with Crippen molar-refractivity contribution in [3.8, 4) is 0 Å². The van der Waals surface area contributed by atoms with Crippen LogP contribution in [0.5, 0.6) is 0 Å². The van der Waals surface area contributed by atoms with Crippen LogP contribution in [0, 0.1) is 6.92 Å². The minimum absolute atomic E-state index is 0.0805. The molecule has 3 heterocycles. The highest BCUT2D eigenvalue weighted by molar-refractivity contribution is 5.84. The lowest BCUT2D eigenvalue weighted by Crippen LogP contribution is -2.56. The molecule has 1 amide bonds. The van der Waals surface area contributed by atoms with E-state index in [4.69, 9.17) is 5.73 Å². The molecule has 0 spiro atoms. The number of piperazine rings is 1. The third kappa shape index (κ3) is 4.32. The minimum Gasteiger partial charge on any atom is -0.339 e. The first-order chi connectivity index (χ1) is 13.9. The van der Waals surface area contributed by atoms with Crippen molar-refractivity contribution in [2.45, 2.75) is 38.3 Å². The van der Waals surface area contributed by atoms with E-state index in [0.29, 0.717) is 12.5 Å². The van der Waals surface area contributed by atoms with E-state index < -0.39 is 6.04 Å². The molecule has 2 N–H and O–H groups in total. The molecule has 2 aliphatic rings. The molecule has 7 nitrogen and oxygen atoms in total. The summed E-state index contributed by atoms with van der Waals surface area (Å²) in [5.41, 5.74) is 9.75. The Balaban J connectivity index is 1.33. The number of aryl methyl sites for hydroxylation is 2. The zero-order valence-corrected chi connectivity index (χ0v) is 18.0.